The number of amides is 1. The van der Waals surface area contributed by atoms with E-state index in [0.717, 1.165) is 21.8 Å². The van der Waals surface area contributed by atoms with Crippen LogP contribution in [0.25, 0.3) is 6.08 Å². The summed E-state index contributed by atoms with van der Waals surface area (Å²) in [5.41, 5.74) is 3.98. The molecule has 0 saturated heterocycles. The van der Waals surface area contributed by atoms with Crippen LogP contribution in [-0.2, 0) is 0 Å². The fourth-order valence-corrected chi connectivity index (χ4v) is 3.94. The number of anilines is 2. The Morgan fingerprint density at radius 1 is 1.11 bits per heavy atom. The summed E-state index contributed by atoms with van der Waals surface area (Å²) in [6.07, 6.45) is 4.06. The number of pyridine rings is 1. The van der Waals surface area contributed by atoms with Crippen molar-refractivity contribution in [3.63, 3.8) is 0 Å². The van der Waals surface area contributed by atoms with Crippen molar-refractivity contribution in [2.24, 2.45) is 0 Å². The van der Waals surface area contributed by atoms with Gasteiger partial charge in [-0.2, -0.15) is 0 Å². The van der Waals surface area contributed by atoms with Crippen molar-refractivity contribution in [2.75, 3.05) is 10.0 Å². The molecular formula is C22H18ClN3OS. The Morgan fingerprint density at radius 3 is 2.82 bits per heavy atom. The van der Waals surface area contributed by atoms with Crippen LogP contribution in [0.5, 0.6) is 0 Å². The topological polar surface area (TPSA) is 54.0 Å². The van der Waals surface area contributed by atoms with Crippen molar-refractivity contribution >= 4 is 46.9 Å². The lowest BCUT2D eigenvalue weighted by Crippen LogP contribution is -2.14. The van der Waals surface area contributed by atoms with Crippen LogP contribution in [0, 0.1) is 0 Å². The monoisotopic (exact) mass is 407 g/mol. The molecule has 0 bridgehead atoms. The number of halogens is 1. The molecule has 1 aromatic heterocycles. The van der Waals surface area contributed by atoms with Gasteiger partial charge < -0.3 is 10.0 Å². The molecule has 140 valence electrons. The molecule has 4 rings (SSSR count). The Hall–Kier alpha value is -2.76. The molecular weight excluding hydrogens is 390 g/mol. The van der Waals surface area contributed by atoms with Gasteiger partial charge >= 0.3 is 0 Å². The summed E-state index contributed by atoms with van der Waals surface area (Å²) < 4.78 is 3.23. The van der Waals surface area contributed by atoms with Crippen molar-refractivity contribution < 1.29 is 4.79 Å². The van der Waals surface area contributed by atoms with Crippen LogP contribution in [-0.4, -0.2) is 10.9 Å². The SMILES string of the molecule is CC1C=Cc2nc(C(=O)Nc3cccc(SNc4ccccc4Cl)c3)ccc21. The van der Waals surface area contributed by atoms with E-state index in [9.17, 15) is 4.79 Å². The molecule has 1 unspecified atom stereocenters. The standard InChI is InChI=1S/C22H18ClN3OS/c1-14-9-11-19-17(14)10-12-21(25-19)22(27)24-15-5-4-6-16(13-15)28-26-20-8-3-2-7-18(20)23/h2-14,26H,1H3,(H,24,27). The average molecular weight is 408 g/mol. The van der Waals surface area contributed by atoms with E-state index in [0.29, 0.717) is 22.3 Å². The number of hydrogen-bond acceptors (Lipinski definition) is 4. The Bertz CT molecular complexity index is 1070. The number of benzene rings is 2. The second-order valence-electron chi connectivity index (χ2n) is 6.48. The number of allylic oxidation sites excluding steroid dienone is 1. The number of hydrogen-bond donors (Lipinski definition) is 2. The molecule has 3 aromatic rings. The van der Waals surface area contributed by atoms with E-state index in [1.165, 1.54) is 11.9 Å². The van der Waals surface area contributed by atoms with Crippen molar-refractivity contribution in [1.29, 1.82) is 0 Å². The minimum Gasteiger partial charge on any atom is -0.324 e. The Kier molecular flexibility index (Phi) is 5.37. The maximum absolute atomic E-state index is 12.6. The molecule has 0 aliphatic heterocycles. The van der Waals surface area contributed by atoms with Gasteiger partial charge in [0.25, 0.3) is 5.91 Å². The third-order valence-corrected chi connectivity index (χ3v) is 5.61. The molecule has 4 nitrogen and oxygen atoms in total. The third-order valence-electron chi connectivity index (χ3n) is 4.47. The van der Waals surface area contributed by atoms with Gasteiger partial charge in [-0.1, -0.05) is 48.9 Å². The van der Waals surface area contributed by atoms with Crippen molar-refractivity contribution in [3.05, 3.63) is 88.7 Å². The van der Waals surface area contributed by atoms with Crippen LogP contribution in [0.1, 0.15) is 34.6 Å². The number of rotatable bonds is 5. The zero-order valence-corrected chi connectivity index (χ0v) is 16.7. The smallest absolute Gasteiger partial charge is 0.274 e. The molecule has 1 heterocycles. The fourth-order valence-electron chi connectivity index (χ4n) is 2.96. The lowest BCUT2D eigenvalue weighted by atomic mass is 10.1. The highest BCUT2D eigenvalue weighted by Crippen LogP contribution is 2.29. The fraction of sp³-hybridized carbons (Fsp3) is 0.0909. The summed E-state index contributed by atoms with van der Waals surface area (Å²) in [6.45, 7) is 2.11. The van der Waals surface area contributed by atoms with Crippen LogP contribution in [0.15, 0.2) is 71.6 Å². The van der Waals surface area contributed by atoms with E-state index >= 15 is 0 Å². The van der Waals surface area contributed by atoms with Crippen LogP contribution in [0.4, 0.5) is 11.4 Å². The van der Waals surface area contributed by atoms with Gasteiger partial charge in [0.05, 0.1) is 16.4 Å². The second kappa shape index (κ2) is 8.09. The van der Waals surface area contributed by atoms with Crippen molar-refractivity contribution in [3.8, 4) is 0 Å². The first kappa shape index (κ1) is 18.6. The van der Waals surface area contributed by atoms with Gasteiger partial charge in [-0.15, -0.1) is 0 Å². The number of nitrogens with zero attached hydrogens (tertiary/aromatic N) is 1. The predicted molar refractivity (Wildman–Crippen MR) is 117 cm³/mol. The van der Waals surface area contributed by atoms with E-state index in [1.54, 1.807) is 6.07 Å². The molecule has 0 fully saturated rings. The van der Waals surface area contributed by atoms with Gasteiger partial charge in [-0.05, 0) is 60.0 Å². The third kappa shape index (κ3) is 4.06. The molecule has 2 N–H and O–H groups in total. The quantitative estimate of drug-likeness (QED) is 0.492. The molecule has 2 aromatic carbocycles. The maximum atomic E-state index is 12.6. The van der Waals surface area contributed by atoms with Crippen LogP contribution < -0.4 is 10.0 Å². The zero-order chi connectivity index (χ0) is 19.5. The van der Waals surface area contributed by atoms with Gasteiger partial charge in [0.15, 0.2) is 0 Å². The lowest BCUT2D eigenvalue weighted by molar-refractivity contribution is 0.102. The normalized spacial score (nSPS) is 14.6. The molecule has 0 radical (unpaired) electrons. The minimum atomic E-state index is -0.225. The number of fused-ring (bicyclic) bond motifs is 1. The number of nitrogens with one attached hydrogen (secondary N) is 2. The van der Waals surface area contributed by atoms with Gasteiger partial charge in [-0.25, -0.2) is 4.98 Å². The number of para-hydroxylation sites is 1. The van der Waals surface area contributed by atoms with Gasteiger partial charge in [0.1, 0.15) is 5.69 Å². The number of carbonyl (C=O) groups excluding carboxylic acids is 1. The van der Waals surface area contributed by atoms with Gasteiger partial charge in [0.2, 0.25) is 0 Å². The molecule has 1 aliphatic rings. The first-order valence-electron chi connectivity index (χ1n) is 8.88. The predicted octanol–water partition coefficient (Wildman–Crippen LogP) is 6.24. The summed E-state index contributed by atoms with van der Waals surface area (Å²) in [5.74, 6) is 0.121. The van der Waals surface area contributed by atoms with E-state index in [1.807, 2.05) is 60.7 Å². The van der Waals surface area contributed by atoms with E-state index in [-0.39, 0.29) is 5.91 Å². The number of carbonyl (C=O) groups is 1. The first-order chi connectivity index (χ1) is 13.6. The van der Waals surface area contributed by atoms with Crippen molar-refractivity contribution in [2.45, 2.75) is 17.7 Å². The zero-order valence-electron chi connectivity index (χ0n) is 15.1. The highest BCUT2D eigenvalue weighted by Gasteiger charge is 2.17. The summed E-state index contributed by atoms with van der Waals surface area (Å²) >= 11 is 7.59. The van der Waals surface area contributed by atoms with E-state index in [4.69, 9.17) is 11.6 Å². The summed E-state index contributed by atoms with van der Waals surface area (Å²) in [4.78, 5) is 18.0. The van der Waals surface area contributed by atoms with Gasteiger partial charge in [-0.3, -0.25) is 4.79 Å². The molecule has 0 saturated carbocycles. The van der Waals surface area contributed by atoms with Crippen LogP contribution in [0.3, 0.4) is 0 Å². The Morgan fingerprint density at radius 2 is 1.96 bits per heavy atom. The Labute approximate surface area is 173 Å². The highest BCUT2D eigenvalue weighted by molar-refractivity contribution is 8.00. The molecule has 1 amide bonds. The van der Waals surface area contributed by atoms with Crippen molar-refractivity contribution in [1.82, 2.24) is 4.98 Å². The average Bonchev–Trinajstić information content (AvgIpc) is 3.08. The number of aromatic nitrogens is 1. The lowest BCUT2D eigenvalue weighted by Gasteiger charge is -2.10. The molecule has 1 atom stereocenters. The van der Waals surface area contributed by atoms with E-state index < -0.39 is 0 Å². The minimum absolute atomic E-state index is 0.225. The van der Waals surface area contributed by atoms with E-state index in [2.05, 4.69) is 28.0 Å². The summed E-state index contributed by atoms with van der Waals surface area (Å²) in [6, 6.07) is 18.9. The van der Waals surface area contributed by atoms with Crippen LogP contribution in [0.2, 0.25) is 5.02 Å². The molecule has 0 spiro atoms. The molecule has 1 aliphatic carbocycles. The first-order valence-corrected chi connectivity index (χ1v) is 10.1. The molecule has 6 heteroatoms. The second-order valence-corrected chi connectivity index (χ2v) is 7.77. The summed E-state index contributed by atoms with van der Waals surface area (Å²) in [5, 5.41) is 3.58. The van der Waals surface area contributed by atoms with Gasteiger partial charge in [0, 0.05) is 16.5 Å². The summed E-state index contributed by atoms with van der Waals surface area (Å²) in [7, 11) is 0. The highest BCUT2D eigenvalue weighted by atomic mass is 35.5. The molecule has 28 heavy (non-hydrogen) atoms. The Balaban J connectivity index is 1.44. The maximum Gasteiger partial charge on any atom is 0.274 e. The van der Waals surface area contributed by atoms with Crippen LogP contribution >= 0.6 is 23.5 Å². The largest absolute Gasteiger partial charge is 0.324 e.